The Morgan fingerprint density at radius 2 is 1.95 bits per heavy atom. The quantitative estimate of drug-likeness (QED) is 0.798. The molecule has 5 heteroatoms. The number of ether oxygens (including phenoxy) is 1. The average molecular weight is 325 g/mol. The van der Waals surface area contributed by atoms with Crippen molar-refractivity contribution >= 4 is 23.2 Å². The van der Waals surface area contributed by atoms with Crippen molar-refractivity contribution in [3.63, 3.8) is 0 Å². The van der Waals surface area contributed by atoms with Gasteiger partial charge in [-0.3, -0.25) is 0 Å². The first kappa shape index (κ1) is 16.1. The van der Waals surface area contributed by atoms with Gasteiger partial charge < -0.3 is 10.1 Å². The van der Waals surface area contributed by atoms with Crippen LogP contribution in [-0.4, -0.2) is 24.2 Å². The van der Waals surface area contributed by atoms with Gasteiger partial charge in [0.2, 0.25) is 0 Å². The number of nitrogens with zero attached hydrogens (tertiary/aromatic N) is 1. The van der Waals surface area contributed by atoms with E-state index < -0.39 is 0 Å². The van der Waals surface area contributed by atoms with Crippen LogP contribution in [0.25, 0.3) is 11.1 Å². The average Bonchev–Trinajstić information content (AvgIpc) is 2.48. The van der Waals surface area contributed by atoms with Gasteiger partial charge in [0.05, 0.1) is 6.20 Å². The summed E-state index contributed by atoms with van der Waals surface area (Å²) < 4.78 is 5.75. The zero-order valence-electron chi connectivity index (χ0n) is 12.1. The Bertz CT molecular complexity index is 587. The third-order valence-corrected chi connectivity index (χ3v) is 3.57. The fourth-order valence-electron chi connectivity index (χ4n) is 1.97. The van der Waals surface area contributed by atoms with E-state index in [9.17, 15) is 0 Å². The zero-order valence-corrected chi connectivity index (χ0v) is 13.6. The molecule has 1 aromatic carbocycles. The van der Waals surface area contributed by atoms with Crippen LogP contribution in [0.2, 0.25) is 10.2 Å². The molecule has 0 unspecified atom stereocenters. The highest BCUT2D eigenvalue weighted by Crippen LogP contribution is 2.30. The normalized spacial score (nSPS) is 12.2. The third kappa shape index (κ3) is 4.60. The van der Waals surface area contributed by atoms with Gasteiger partial charge >= 0.3 is 0 Å². The van der Waals surface area contributed by atoms with Crippen LogP contribution in [0.1, 0.15) is 13.8 Å². The Kier molecular flexibility index (Phi) is 5.85. The van der Waals surface area contributed by atoms with Gasteiger partial charge in [0.15, 0.2) is 0 Å². The van der Waals surface area contributed by atoms with Crippen LogP contribution >= 0.6 is 23.2 Å². The lowest BCUT2D eigenvalue weighted by atomic mass is 10.1. The highest BCUT2D eigenvalue weighted by atomic mass is 35.5. The molecular weight excluding hydrogens is 307 g/mol. The number of benzene rings is 1. The molecule has 1 atom stereocenters. The molecule has 0 bridgehead atoms. The number of hydrogen-bond donors (Lipinski definition) is 1. The summed E-state index contributed by atoms with van der Waals surface area (Å²) in [5.41, 5.74) is 1.80. The monoisotopic (exact) mass is 324 g/mol. The summed E-state index contributed by atoms with van der Waals surface area (Å²) in [6.45, 7) is 5.64. The summed E-state index contributed by atoms with van der Waals surface area (Å²) >= 11 is 12.1. The molecule has 1 aromatic heterocycles. The van der Waals surface area contributed by atoms with E-state index in [4.69, 9.17) is 27.9 Å². The highest BCUT2D eigenvalue weighted by molar-refractivity contribution is 6.32. The van der Waals surface area contributed by atoms with Crippen molar-refractivity contribution in [1.82, 2.24) is 10.3 Å². The molecule has 0 aliphatic rings. The molecule has 0 saturated carbocycles. The van der Waals surface area contributed by atoms with Gasteiger partial charge in [-0.25, -0.2) is 4.98 Å². The smallest absolute Gasteiger partial charge is 0.138 e. The van der Waals surface area contributed by atoms with E-state index in [1.165, 1.54) is 0 Å². The predicted octanol–water partition coefficient (Wildman–Crippen LogP) is 4.43. The number of halogens is 2. The minimum atomic E-state index is 0.282. The molecule has 0 aliphatic carbocycles. The fraction of sp³-hybridized carbons (Fsp3) is 0.312. The van der Waals surface area contributed by atoms with Crippen molar-refractivity contribution in [2.75, 3.05) is 13.2 Å². The van der Waals surface area contributed by atoms with E-state index in [1.54, 1.807) is 6.20 Å². The first-order valence-corrected chi connectivity index (χ1v) is 7.63. The summed E-state index contributed by atoms with van der Waals surface area (Å²) in [7, 11) is 0. The standard InChI is InChI=1S/C16H18Cl2N2O/c1-3-19-11(2)10-21-14-8-15(16(18)20-9-14)12-4-6-13(17)7-5-12/h4-9,11,19H,3,10H2,1-2H3/t11-/m0/s1. The van der Waals surface area contributed by atoms with E-state index in [0.29, 0.717) is 22.5 Å². The van der Waals surface area contributed by atoms with Crippen LogP contribution in [0.3, 0.4) is 0 Å². The molecular formula is C16H18Cl2N2O. The van der Waals surface area contributed by atoms with Gasteiger partial charge in [-0.05, 0) is 37.2 Å². The molecule has 1 N–H and O–H groups in total. The van der Waals surface area contributed by atoms with Gasteiger partial charge in [-0.2, -0.15) is 0 Å². The lowest BCUT2D eigenvalue weighted by molar-refractivity contribution is 0.274. The molecule has 2 aromatic rings. The van der Waals surface area contributed by atoms with E-state index in [0.717, 1.165) is 17.7 Å². The maximum atomic E-state index is 6.17. The predicted molar refractivity (Wildman–Crippen MR) is 88.3 cm³/mol. The lowest BCUT2D eigenvalue weighted by Crippen LogP contribution is -2.31. The van der Waals surface area contributed by atoms with Crippen LogP contribution in [-0.2, 0) is 0 Å². The van der Waals surface area contributed by atoms with Crippen molar-refractivity contribution in [1.29, 1.82) is 0 Å². The van der Waals surface area contributed by atoms with Gasteiger partial charge in [-0.15, -0.1) is 0 Å². The molecule has 0 saturated heterocycles. The number of likely N-dealkylation sites (N-methyl/N-ethyl adjacent to an activating group) is 1. The van der Waals surface area contributed by atoms with Crippen LogP contribution in [0.5, 0.6) is 5.75 Å². The lowest BCUT2D eigenvalue weighted by Gasteiger charge is -2.14. The summed E-state index contributed by atoms with van der Waals surface area (Å²) in [6, 6.07) is 9.66. The number of rotatable bonds is 6. The molecule has 2 rings (SSSR count). The topological polar surface area (TPSA) is 34.1 Å². The first-order chi connectivity index (χ1) is 10.1. The Balaban J connectivity index is 2.15. The second-order valence-corrected chi connectivity index (χ2v) is 5.58. The number of nitrogens with one attached hydrogen (secondary N) is 1. The Hall–Kier alpha value is -1.29. The van der Waals surface area contributed by atoms with Crippen molar-refractivity contribution in [2.24, 2.45) is 0 Å². The van der Waals surface area contributed by atoms with Crippen molar-refractivity contribution < 1.29 is 4.74 Å². The number of aromatic nitrogens is 1. The fourth-order valence-corrected chi connectivity index (χ4v) is 2.31. The van der Waals surface area contributed by atoms with E-state index >= 15 is 0 Å². The molecule has 0 radical (unpaired) electrons. The van der Waals surface area contributed by atoms with Crippen LogP contribution in [0, 0.1) is 0 Å². The van der Waals surface area contributed by atoms with Crippen molar-refractivity contribution in [3.05, 3.63) is 46.7 Å². The third-order valence-electron chi connectivity index (χ3n) is 3.02. The highest BCUT2D eigenvalue weighted by Gasteiger charge is 2.08. The Labute approximate surface area is 135 Å². The molecule has 21 heavy (non-hydrogen) atoms. The van der Waals surface area contributed by atoms with Crippen molar-refractivity contribution in [3.8, 4) is 16.9 Å². The molecule has 1 heterocycles. The maximum absolute atomic E-state index is 6.17. The van der Waals surface area contributed by atoms with Crippen LogP contribution < -0.4 is 10.1 Å². The van der Waals surface area contributed by atoms with Crippen LogP contribution in [0.15, 0.2) is 36.5 Å². The summed E-state index contributed by atoms with van der Waals surface area (Å²) in [6.07, 6.45) is 1.64. The van der Waals surface area contributed by atoms with Gasteiger partial charge in [0.1, 0.15) is 17.5 Å². The second kappa shape index (κ2) is 7.64. The number of pyridine rings is 1. The minimum Gasteiger partial charge on any atom is -0.490 e. The molecule has 0 amide bonds. The van der Waals surface area contributed by atoms with Crippen molar-refractivity contribution in [2.45, 2.75) is 19.9 Å². The molecule has 3 nitrogen and oxygen atoms in total. The maximum Gasteiger partial charge on any atom is 0.138 e. The molecule has 0 spiro atoms. The summed E-state index contributed by atoms with van der Waals surface area (Å²) in [5, 5.41) is 4.43. The van der Waals surface area contributed by atoms with E-state index in [2.05, 4.69) is 24.1 Å². The molecule has 112 valence electrons. The minimum absolute atomic E-state index is 0.282. The second-order valence-electron chi connectivity index (χ2n) is 4.79. The van der Waals surface area contributed by atoms with Crippen LogP contribution in [0.4, 0.5) is 0 Å². The number of hydrogen-bond acceptors (Lipinski definition) is 3. The molecule has 0 fully saturated rings. The SMILES string of the molecule is CCN[C@@H](C)COc1cnc(Cl)c(-c2ccc(Cl)cc2)c1. The molecule has 0 aliphatic heterocycles. The summed E-state index contributed by atoms with van der Waals surface area (Å²) in [5.74, 6) is 0.703. The van der Waals surface area contributed by atoms with E-state index in [-0.39, 0.29) is 6.04 Å². The Morgan fingerprint density at radius 1 is 1.24 bits per heavy atom. The first-order valence-electron chi connectivity index (χ1n) is 6.87. The van der Waals surface area contributed by atoms with Gasteiger partial charge in [-0.1, -0.05) is 42.3 Å². The largest absolute Gasteiger partial charge is 0.490 e. The summed E-state index contributed by atoms with van der Waals surface area (Å²) in [4.78, 5) is 4.19. The van der Waals surface area contributed by atoms with Gasteiger partial charge in [0.25, 0.3) is 0 Å². The zero-order chi connectivity index (χ0) is 15.2. The van der Waals surface area contributed by atoms with Gasteiger partial charge in [0, 0.05) is 16.6 Å². The Morgan fingerprint density at radius 3 is 2.62 bits per heavy atom. The van der Waals surface area contributed by atoms with E-state index in [1.807, 2.05) is 30.3 Å².